The Morgan fingerprint density at radius 1 is 1.19 bits per heavy atom. The second kappa shape index (κ2) is 8.34. The molecule has 1 aromatic rings. The highest BCUT2D eigenvalue weighted by Crippen LogP contribution is 2.07. The Hall–Kier alpha value is 0.226. The number of ether oxygens (including phenoxy) is 1. The summed E-state index contributed by atoms with van der Waals surface area (Å²) in [7, 11) is 0. The molecule has 1 aromatic carbocycles. The van der Waals surface area contributed by atoms with E-state index in [0.29, 0.717) is 0 Å². The highest BCUT2D eigenvalue weighted by atomic mass is 79.9. The molecule has 4 heteroatoms. The van der Waals surface area contributed by atoms with Crippen LogP contribution in [0.1, 0.15) is 13.8 Å². The van der Waals surface area contributed by atoms with Gasteiger partial charge in [0.15, 0.2) is 0 Å². The molecule has 0 aliphatic heterocycles. The zero-order valence-corrected chi connectivity index (χ0v) is 13.1. The van der Waals surface area contributed by atoms with Crippen molar-refractivity contribution in [2.24, 2.45) is 0 Å². The molecule has 2 nitrogen and oxygen atoms in total. The van der Waals surface area contributed by atoms with E-state index in [-0.39, 0.29) is 18.2 Å². The number of nitrogens with zero attached hydrogens (tertiary/aromatic N) is 1. The highest BCUT2D eigenvalue weighted by Gasteiger charge is 2.00. The SMILES string of the molecule is CCN(CC)CCOc1cc[c]([Mg][Br])cc1. The monoisotopic (exact) mass is 295 g/mol. The van der Waals surface area contributed by atoms with Crippen molar-refractivity contribution in [1.82, 2.24) is 4.90 Å². The first-order valence-electron chi connectivity index (χ1n) is 5.80. The molecule has 0 N–H and O–H groups in total. The normalized spacial score (nSPS) is 10.2. The van der Waals surface area contributed by atoms with Gasteiger partial charge in [-0.05, 0) is 25.2 Å². The average Bonchev–Trinajstić information content (AvgIpc) is 2.35. The minimum absolute atomic E-state index is 0.215. The number of hydrogen-bond acceptors (Lipinski definition) is 2. The molecule has 0 unspecified atom stereocenters. The van der Waals surface area contributed by atoms with E-state index in [4.69, 9.17) is 4.74 Å². The maximum absolute atomic E-state index is 5.70. The van der Waals surface area contributed by atoms with Crippen LogP contribution in [0, 0.1) is 0 Å². The van der Waals surface area contributed by atoms with Crippen molar-refractivity contribution in [2.45, 2.75) is 13.8 Å². The fraction of sp³-hybridized carbons (Fsp3) is 0.500. The van der Waals surface area contributed by atoms with Gasteiger partial charge in [-0.1, -0.05) is 26.0 Å². The number of hydrogen-bond donors (Lipinski definition) is 0. The first-order valence-corrected chi connectivity index (χ1v) is 10.4. The van der Waals surface area contributed by atoms with Gasteiger partial charge in [-0.2, -0.15) is 3.69 Å². The summed E-state index contributed by atoms with van der Waals surface area (Å²) in [5.74, 6) is 0.978. The van der Waals surface area contributed by atoms with E-state index >= 15 is 0 Å². The van der Waals surface area contributed by atoms with Crippen LogP contribution in [0.2, 0.25) is 0 Å². The minimum Gasteiger partial charge on any atom is -0.492 e. The fourth-order valence-electron chi connectivity index (χ4n) is 1.51. The van der Waals surface area contributed by atoms with Gasteiger partial charge in [-0.3, -0.25) is 12.9 Å². The average molecular weight is 296 g/mol. The lowest BCUT2D eigenvalue weighted by Crippen LogP contribution is -2.27. The molecule has 0 amide bonds. The van der Waals surface area contributed by atoms with Crippen molar-refractivity contribution in [3.05, 3.63) is 24.3 Å². The first kappa shape index (κ1) is 14.3. The Labute approximate surface area is 114 Å². The van der Waals surface area contributed by atoms with Crippen molar-refractivity contribution in [1.29, 1.82) is 0 Å². The maximum Gasteiger partial charge on any atom is 0.506 e. The summed E-state index contributed by atoms with van der Waals surface area (Å²) >= 11 is 3.35. The van der Waals surface area contributed by atoms with Crippen LogP contribution in [0.15, 0.2) is 24.3 Å². The molecule has 0 bridgehead atoms. The number of benzene rings is 1. The molecule has 0 spiro atoms. The third-order valence-electron chi connectivity index (χ3n) is 2.65. The molecule has 1 rings (SSSR count). The molecule has 0 aliphatic rings. The Balaban J connectivity index is 2.31. The summed E-state index contributed by atoms with van der Waals surface area (Å²) in [5, 5.41) is 0. The molecular weight excluding hydrogens is 278 g/mol. The zero-order valence-electron chi connectivity index (χ0n) is 10.1. The summed E-state index contributed by atoms with van der Waals surface area (Å²) in [4.78, 5) is 2.36. The van der Waals surface area contributed by atoms with Gasteiger partial charge < -0.3 is 9.64 Å². The number of likely N-dealkylation sites (N-methyl/N-ethyl adjacent to an activating group) is 1. The van der Waals surface area contributed by atoms with E-state index in [1.807, 2.05) is 0 Å². The summed E-state index contributed by atoms with van der Waals surface area (Å²) in [6.07, 6.45) is 0. The summed E-state index contributed by atoms with van der Waals surface area (Å²) in [6, 6.07) is 8.42. The minimum atomic E-state index is -0.215. The van der Waals surface area contributed by atoms with E-state index in [1.54, 1.807) is 0 Å². The molecule has 0 saturated carbocycles. The molecule has 0 fully saturated rings. The van der Waals surface area contributed by atoms with E-state index in [1.165, 1.54) is 3.69 Å². The van der Waals surface area contributed by atoms with E-state index in [0.717, 1.165) is 32.0 Å². The highest BCUT2D eigenvalue weighted by molar-refractivity contribution is 9.23. The lowest BCUT2D eigenvalue weighted by molar-refractivity contribution is 0.223. The second-order valence-corrected chi connectivity index (χ2v) is 6.42. The molecular formula is C12H18BrMgNO. The standard InChI is InChI=1S/C12H18NO.BrH.Mg/c1-3-13(4-2)10-11-14-12-8-6-5-7-9-12;;/h6-9H,3-4,10-11H2,1-2H3;1H;/q;;+1/p-1. The molecule has 0 radical (unpaired) electrons. The van der Waals surface area contributed by atoms with Crippen molar-refractivity contribution in [3.8, 4) is 5.75 Å². The van der Waals surface area contributed by atoms with Gasteiger partial charge in [0.1, 0.15) is 12.4 Å². The lowest BCUT2D eigenvalue weighted by atomic mass is 10.3. The quantitative estimate of drug-likeness (QED) is 0.714. The van der Waals surface area contributed by atoms with Gasteiger partial charge in [-0.25, -0.2) is 0 Å². The topological polar surface area (TPSA) is 12.5 Å². The van der Waals surface area contributed by atoms with Crippen LogP contribution >= 0.6 is 12.9 Å². The van der Waals surface area contributed by atoms with Crippen LogP contribution in [0.4, 0.5) is 0 Å². The largest absolute Gasteiger partial charge is 0.506 e. The van der Waals surface area contributed by atoms with E-state index < -0.39 is 0 Å². The maximum atomic E-state index is 5.70. The molecule has 0 atom stereocenters. The molecule has 0 saturated heterocycles. The van der Waals surface area contributed by atoms with Crippen LogP contribution in [0.5, 0.6) is 5.75 Å². The lowest BCUT2D eigenvalue weighted by Gasteiger charge is -2.18. The third-order valence-corrected chi connectivity index (χ3v) is 5.37. The van der Waals surface area contributed by atoms with Gasteiger partial charge in [0.25, 0.3) is 0 Å². The Kier molecular flexibility index (Phi) is 7.44. The predicted octanol–water partition coefficient (Wildman–Crippen LogP) is 2.05. The van der Waals surface area contributed by atoms with E-state index in [9.17, 15) is 0 Å². The predicted molar refractivity (Wildman–Crippen MR) is 74.0 cm³/mol. The number of halogens is 1. The summed E-state index contributed by atoms with van der Waals surface area (Å²) < 4.78 is 7.11. The second-order valence-electron chi connectivity index (χ2n) is 3.65. The van der Waals surface area contributed by atoms with Crippen LogP contribution in [0.25, 0.3) is 0 Å². The van der Waals surface area contributed by atoms with Crippen LogP contribution in [-0.2, 0) is 0 Å². The van der Waals surface area contributed by atoms with Crippen molar-refractivity contribution < 1.29 is 4.74 Å². The van der Waals surface area contributed by atoms with Crippen LogP contribution in [-0.4, -0.2) is 49.3 Å². The van der Waals surface area contributed by atoms with Crippen molar-refractivity contribution in [2.75, 3.05) is 26.2 Å². The summed E-state index contributed by atoms with van der Waals surface area (Å²) in [6.45, 7) is 8.31. The zero-order chi connectivity index (χ0) is 11.8. The summed E-state index contributed by atoms with van der Waals surface area (Å²) in [5.41, 5.74) is 0. The third kappa shape index (κ3) is 5.04. The molecule has 0 heterocycles. The molecule has 0 aromatic heterocycles. The van der Waals surface area contributed by atoms with Gasteiger partial charge in [0.05, 0.1) is 0 Å². The van der Waals surface area contributed by atoms with Gasteiger partial charge in [0.2, 0.25) is 0 Å². The van der Waals surface area contributed by atoms with Crippen molar-refractivity contribution in [3.63, 3.8) is 0 Å². The Bertz CT molecular complexity index is 288. The van der Waals surface area contributed by atoms with E-state index in [2.05, 4.69) is 55.9 Å². The van der Waals surface area contributed by atoms with Crippen LogP contribution in [0.3, 0.4) is 0 Å². The fourth-order valence-corrected chi connectivity index (χ4v) is 3.04. The molecule has 16 heavy (non-hydrogen) atoms. The van der Waals surface area contributed by atoms with Crippen molar-refractivity contribution >= 4 is 34.8 Å². The number of rotatable bonds is 7. The molecule has 86 valence electrons. The van der Waals surface area contributed by atoms with Gasteiger partial charge >= 0.3 is 18.2 Å². The van der Waals surface area contributed by atoms with Gasteiger partial charge in [0, 0.05) is 6.54 Å². The molecule has 0 aliphatic carbocycles. The van der Waals surface area contributed by atoms with Gasteiger partial charge in [-0.15, -0.1) is 0 Å². The Morgan fingerprint density at radius 2 is 1.81 bits per heavy atom. The first-order chi connectivity index (χ1) is 7.80. The van der Waals surface area contributed by atoms with Crippen LogP contribution < -0.4 is 8.43 Å². The smallest absolute Gasteiger partial charge is 0.492 e. The Morgan fingerprint density at radius 3 is 2.31 bits per heavy atom.